The average Bonchev–Trinajstić information content (AvgIpc) is 3.06. The summed E-state index contributed by atoms with van der Waals surface area (Å²) in [5.41, 5.74) is 4.07. The van der Waals surface area contributed by atoms with E-state index in [1.165, 1.54) is 0 Å². The molecule has 0 unspecified atom stereocenters. The number of aromatic nitrogens is 4. The van der Waals surface area contributed by atoms with Crippen LogP contribution in [-0.4, -0.2) is 33.4 Å². The van der Waals surface area contributed by atoms with Crippen LogP contribution in [0.5, 0.6) is 0 Å². The highest BCUT2D eigenvalue weighted by atomic mass is 16.5. The predicted octanol–water partition coefficient (Wildman–Crippen LogP) is 2.12. The van der Waals surface area contributed by atoms with Crippen LogP contribution in [0.2, 0.25) is 0 Å². The van der Waals surface area contributed by atoms with Crippen molar-refractivity contribution < 1.29 is 4.52 Å². The number of benzene rings is 1. The van der Waals surface area contributed by atoms with Gasteiger partial charge < -0.3 is 9.84 Å². The Bertz CT molecular complexity index is 772. The van der Waals surface area contributed by atoms with E-state index in [1.807, 2.05) is 31.2 Å². The van der Waals surface area contributed by atoms with E-state index in [2.05, 4.69) is 25.7 Å². The van der Waals surface area contributed by atoms with E-state index in [4.69, 9.17) is 4.52 Å². The van der Waals surface area contributed by atoms with Gasteiger partial charge in [0.15, 0.2) is 0 Å². The molecule has 3 heterocycles. The Hall–Kier alpha value is -2.47. The second kappa shape index (κ2) is 4.82. The molecule has 0 amide bonds. The minimum absolute atomic E-state index is 0.441. The molecule has 1 aliphatic rings. The third kappa shape index (κ3) is 2.04. The Morgan fingerprint density at radius 1 is 1.19 bits per heavy atom. The molecule has 1 saturated heterocycles. The number of hydrogen-bond donors (Lipinski definition) is 2. The van der Waals surface area contributed by atoms with Crippen molar-refractivity contribution in [3.05, 3.63) is 41.7 Å². The largest absolute Gasteiger partial charge is 0.333 e. The van der Waals surface area contributed by atoms with Crippen molar-refractivity contribution in [3.8, 4) is 22.8 Å². The molecule has 0 spiro atoms. The lowest BCUT2D eigenvalue weighted by Gasteiger charge is -2.26. The topological polar surface area (TPSA) is 79.6 Å². The lowest BCUT2D eigenvalue weighted by atomic mass is 9.96. The van der Waals surface area contributed by atoms with Gasteiger partial charge in [-0.2, -0.15) is 10.1 Å². The molecule has 6 nitrogen and oxygen atoms in total. The van der Waals surface area contributed by atoms with Gasteiger partial charge in [0.1, 0.15) is 0 Å². The summed E-state index contributed by atoms with van der Waals surface area (Å²) in [5, 5.41) is 14.5. The molecule has 0 saturated carbocycles. The normalized spacial score (nSPS) is 15.1. The highest BCUT2D eigenvalue weighted by Crippen LogP contribution is 2.30. The summed E-state index contributed by atoms with van der Waals surface area (Å²) in [6.45, 7) is 3.94. The fourth-order valence-corrected chi connectivity index (χ4v) is 2.54. The van der Waals surface area contributed by atoms with Crippen molar-refractivity contribution >= 4 is 0 Å². The van der Waals surface area contributed by atoms with Crippen LogP contribution in [0.4, 0.5) is 0 Å². The number of nitrogens with zero attached hydrogens (tertiary/aromatic N) is 3. The number of nitrogens with one attached hydrogen (secondary N) is 2. The van der Waals surface area contributed by atoms with Gasteiger partial charge in [-0.15, -0.1) is 0 Å². The maximum absolute atomic E-state index is 5.44. The summed E-state index contributed by atoms with van der Waals surface area (Å²) in [7, 11) is 0. The van der Waals surface area contributed by atoms with Gasteiger partial charge in [-0.3, -0.25) is 5.10 Å². The molecule has 3 aromatic rings. The second-order valence-corrected chi connectivity index (χ2v) is 5.29. The average molecular weight is 281 g/mol. The zero-order valence-electron chi connectivity index (χ0n) is 11.6. The van der Waals surface area contributed by atoms with Crippen LogP contribution in [0.25, 0.3) is 22.8 Å². The Kier molecular flexibility index (Phi) is 2.82. The van der Waals surface area contributed by atoms with E-state index < -0.39 is 0 Å². The molecule has 106 valence electrons. The van der Waals surface area contributed by atoms with Crippen LogP contribution in [0.15, 0.2) is 35.0 Å². The number of aromatic amines is 1. The summed E-state index contributed by atoms with van der Waals surface area (Å²) >= 11 is 0. The maximum atomic E-state index is 5.44. The highest BCUT2D eigenvalue weighted by molar-refractivity contribution is 5.63. The first-order valence-electron chi connectivity index (χ1n) is 6.97. The molecule has 0 aliphatic carbocycles. The molecular formula is C15H15N5O. The molecule has 2 N–H and O–H groups in total. The predicted molar refractivity (Wildman–Crippen MR) is 77.7 cm³/mol. The molecule has 1 fully saturated rings. The van der Waals surface area contributed by atoms with Gasteiger partial charge in [0, 0.05) is 24.6 Å². The molecule has 0 atom stereocenters. The molecule has 21 heavy (non-hydrogen) atoms. The summed E-state index contributed by atoms with van der Waals surface area (Å²) in [5.74, 6) is 1.57. The van der Waals surface area contributed by atoms with E-state index in [9.17, 15) is 0 Å². The van der Waals surface area contributed by atoms with Crippen LogP contribution in [0, 0.1) is 6.92 Å². The number of aryl methyl sites for hydroxylation is 1. The third-order valence-corrected chi connectivity index (χ3v) is 3.90. The third-order valence-electron chi connectivity index (χ3n) is 3.90. The van der Waals surface area contributed by atoms with Crippen LogP contribution < -0.4 is 5.32 Å². The standard InChI is InChI=1S/C15H15N5O/c1-9-4-2-3-5-11(9)14-18-15(21-20-14)12-8-17-19-13(12)10-6-16-7-10/h2-5,8,10,16H,6-7H2,1H3,(H,17,19). The summed E-state index contributed by atoms with van der Waals surface area (Å²) in [6, 6.07) is 8.00. The van der Waals surface area contributed by atoms with E-state index in [1.54, 1.807) is 6.20 Å². The van der Waals surface area contributed by atoms with Gasteiger partial charge in [0.2, 0.25) is 5.82 Å². The zero-order chi connectivity index (χ0) is 14.2. The molecule has 1 aromatic carbocycles. The fourth-order valence-electron chi connectivity index (χ4n) is 2.54. The SMILES string of the molecule is Cc1ccccc1-c1noc(-c2cn[nH]c2C2CNC2)n1. The smallest absolute Gasteiger partial charge is 0.261 e. The van der Waals surface area contributed by atoms with Crippen molar-refractivity contribution in [2.45, 2.75) is 12.8 Å². The number of H-pyrrole nitrogens is 1. The first kappa shape index (κ1) is 12.3. The zero-order valence-corrected chi connectivity index (χ0v) is 11.6. The fraction of sp³-hybridized carbons (Fsp3) is 0.267. The van der Waals surface area contributed by atoms with Crippen LogP contribution in [0.1, 0.15) is 17.2 Å². The monoisotopic (exact) mass is 281 g/mol. The Balaban J connectivity index is 1.72. The molecule has 0 radical (unpaired) electrons. The summed E-state index contributed by atoms with van der Waals surface area (Å²) in [4.78, 5) is 4.53. The van der Waals surface area contributed by atoms with Gasteiger partial charge >= 0.3 is 0 Å². The molecule has 0 bridgehead atoms. The van der Waals surface area contributed by atoms with Crippen LogP contribution >= 0.6 is 0 Å². The highest BCUT2D eigenvalue weighted by Gasteiger charge is 2.26. The molecule has 2 aromatic heterocycles. The van der Waals surface area contributed by atoms with Gasteiger partial charge in [-0.25, -0.2) is 0 Å². The Labute approximate surface area is 121 Å². The van der Waals surface area contributed by atoms with Crippen molar-refractivity contribution in [2.75, 3.05) is 13.1 Å². The lowest BCUT2D eigenvalue weighted by molar-refractivity contribution is 0.424. The van der Waals surface area contributed by atoms with E-state index >= 15 is 0 Å². The summed E-state index contributed by atoms with van der Waals surface area (Å²) in [6.07, 6.45) is 1.75. The van der Waals surface area contributed by atoms with E-state index in [0.29, 0.717) is 17.6 Å². The summed E-state index contributed by atoms with van der Waals surface area (Å²) < 4.78 is 5.44. The van der Waals surface area contributed by atoms with Crippen LogP contribution in [-0.2, 0) is 0 Å². The first-order chi connectivity index (χ1) is 10.3. The Morgan fingerprint density at radius 3 is 2.81 bits per heavy atom. The lowest BCUT2D eigenvalue weighted by Crippen LogP contribution is -2.40. The quantitative estimate of drug-likeness (QED) is 0.768. The van der Waals surface area contributed by atoms with Crippen molar-refractivity contribution in [1.29, 1.82) is 0 Å². The molecule has 1 aliphatic heterocycles. The van der Waals surface area contributed by atoms with Crippen molar-refractivity contribution in [1.82, 2.24) is 25.7 Å². The second-order valence-electron chi connectivity index (χ2n) is 5.29. The van der Waals surface area contributed by atoms with E-state index in [0.717, 1.165) is 35.5 Å². The minimum atomic E-state index is 0.441. The number of rotatable bonds is 3. The van der Waals surface area contributed by atoms with Crippen molar-refractivity contribution in [3.63, 3.8) is 0 Å². The van der Waals surface area contributed by atoms with Gasteiger partial charge in [0.25, 0.3) is 5.89 Å². The van der Waals surface area contributed by atoms with E-state index in [-0.39, 0.29) is 0 Å². The van der Waals surface area contributed by atoms with Crippen molar-refractivity contribution in [2.24, 2.45) is 0 Å². The van der Waals surface area contributed by atoms with Crippen LogP contribution in [0.3, 0.4) is 0 Å². The first-order valence-corrected chi connectivity index (χ1v) is 6.97. The molecule has 4 rings (SSSR count). The van der Waals surface area contributed by atoms with Gasteiger partial charge in [0.05, 0.1) is 17.5 Å². The molecular weight excluding hydrogens is 266 g/mol. The minimum Gasteiger partial charge on any atom is -0.333 e. The van der Waals surface area contributed by atoms with Gasteiger partial charge in [-0.1, -0.05) is 29.4 Å². The molecule has 6 heteroatoms. The number of hydrogen-bond acceptors (Lipinski definition) is 5. The maximum Gasteiger partial charge on any atom is 0.261 e. The Morgan fingerprint density at radius 2 is 2.05 bits per heavy atom. The van der Waals surface area contributed by atoms with Gasteiger partial charge in [-0.05, 0) is 12.5 Å².